The smallest absolute Gasteiger partial charge is 0.240 e. The second kappa shape index (κ2) is 11.8. The Bertz CT molecular complexity index is 1640. The zero-order valence-corrected chi connectivity index (χ0v) is 23.8. The Morgan fingerprint density at radius 2 is 1.68 bits per heavy atom. The summed E-state index contributed by atoms with van der Waals surface area (Å²) in [5, 5.41) is 21.1. The summed E-state index contributed by atoms with van der Waals surface area (Å²) in [5.41, 5.74) is 4.36. The Kier molecular flexibility index (Phi) is 7.94. The fraction of sp³-hybridized carbons (Fsp3) is 0.344. The van der Waals surface area contributed by atoms with E-state index < -0.39 is 10.0 Å². The van der Waals surface area contributed by atoms with E-state index in [1.807, 2.05) is 42.5 Å². The number of aromatic nitrogens is 1. The number of benzene rings is 3. The highest BCUT2D eigenvalue weighted by Gasteiger charge is 2.26. The molecule has 0 atom stereocenters. The first-order chi connectivity index (χ1) is 19.9. The number of aliphatic hydroxyl groups excluding tert-OH is 1. The van der Waals surface area contributed by atoms with Crippen LogP contribution in [0.2, 0.25) is 0 Å². The highest BCUT2D eigenvalue weighted by Crippen LogP contribution is 2.34. The Hall–Kier alpha value is -3.50. The van der Waals surface area contributed by atoms with Crippen molar-refractivity contribution in [2.75, 3.05) is 26.2 Å². The van der Waals surface area contributed by atoms with Gasteiger partial charge in [0.15, 0.2) is 5.88 Å². The number of aliphatic imine (C=N–C) groups is 1. The molecule has 8 nitrogen and oxygen atoms in total. The van der Waals surface area contributed by atoms with E-state index in [1.165, 1.54) is 5.56 Å². The minimum absolute atomic E-state index is 0.0639. The van der Waals surface area contributed by atoms with Crippen LogP contribution in [0, 0.1) is 11.8 Å². The lowest BCUT2D eigenvalue weighted by Crippen LogP contribution is -2.34. The molecule has 1 aliphatic heterocycles. The molecule has 6 rings (SSSR count). The van der Waals surface area contributed by atoms with Gasteiger partial charge in [-0.05, 0) is 86.5 Å². The van der Waals surface area contributed by atoms with Crippen LogP contribution in [0.5, 0.6) is 5.88 Å². The van der Waals surface area contributed by atoms with Crippen LogP contribution in [0.3, 0.4) is 0 Å². The summed E-state index contributed by atoms with van der Waals surface area (Å²) in [7, 11) is -3.69. The largest absolute Gasteiger partial charge is 0.494 e. The second-order valence-corrected chi connectivity index (χ2v) is 13.0. The van der Waals surface area contributed by atoms with Gasteiger partial charge >= 0.3 is 0 Å². The number of nitrogens with zero attached hydrogens (tertiary/aromatic N) is 2. The van der Waals surface area contributed by atoms with Crippen molar-refractivity contribution in [2.24, 2.45) is 16.8 Å². The normalized spacial score (nSPS) is 17.3. The number of hydrogen-bond donors (Lipinski definition) is 4. The first-order valence-corrected chi connectivity index (χ1v) is 15.8. The van der Waals surface area contributed by atoms with Gasteiger partial charge in [0.1, 0.15) is 0 Å². The number of rotatable bonds is 10. The molecule has 0 spiro atoms. The van der Waals surface area contributed by atoms with E-state index in [0.29, 0.717) is 40.6 Å². The lowest BCUT2D eigenvalue weighted by molar-refractivity contribution is 0.127. The van der Waals surface area contributed by atoms with Crippen molar-refractivity contribution >= 4 is 32.3 Å². The van der Waals surface area contributed by atoms with Crippen molar-refractivity contribution < 1.29 is 18.6 Å². The van der Waals surface area contributed by atoms with Gasteiger partial charge in [-0.25, -0.2) is 18.1 Å². The minimum Gasteiger partial charge on any atom is -0.494 e. The average molecular weight is 573 g/mol. The summed E-state index contributed by atoms with van der Waals surface area (Å²) in [6, 6.07) is 22.6. The number of aliphatic hydroxyl groups is 1. The second-order valence-electron chi connectivity index (χ2n) is 11.2. The summed E-state index contributed by atoms with van der Waals surface area (Å²) in [5.74, 6) is 0.767. The van der Waals surface area contributed by atoms with Gasteiger partial charge in [0.25, 0.3) is 0 Å². The maximum absolute atomic E-state index is 13.0. The summed E-state index contributed by atoms with van der Waals surface area (Å²) < 4.78 is 28.8. The molecule has 2 aliphatic rings. The molecule has 0 radical (unpaired) electrons. The third-order valence-corrected chi connectivity index (χ3v) is 9.57. The molecule has 0 amide bonds. The Labute approximate surface area is 240 Å². The van der Waals surface area contributed by atoms with E-state index >= 15 is 0 Å². The zero-order chi connectivity index (χ0) is 28.4. The predicted octanol–water partition coefficient (Wildman–Crippen LogP) is 4.94. The number of nitrogens with one attached hydrogen (secondary N) is 2. The first-order valence-electron chi connectivity index (χ1n) is 14.3. The van der Waals surface area contributed by atoms with Gasteiger partial charge in [-0.3, -0.25) is 4.90 Å². The van der Waals surface area contributed by atoms with Crippen molar-refractivity contribution in [3.8, 4) is 5.88 Å². The molecule has 0 unspecified atom stereocenters. The first kappa shape index (κ1) is 27.7. The molecular weight excluding hydrogens is 536 g/mol. The van der Waals surface area contributed by atoms with E-state index in [2.05, 4.69) is 26.7 Å². The van der Waals surface area contributed by atoms with Crippen LogP contribution in [0.25, 0.3) is 10.9 Å². The lowest BCUT2D eigenvalue weighted by atomic mass is 9.97. The summed E-state index contributed by atoms with van der Waals surface area (Å²) in [4.78, 5) is 10.6. The molecule has 2 heterocycles. The molecule has 214 valence electrons. The molecule has 4 N–H and O–H groups in total. The Morgan fingerprint density at radius 3 is 2.37 bits per heavy atom. The van der Waals surface area contributed by atoms with Crippen LogP contribution in [0.4, 0.5) is 5.69 Å². The average Bonchev–Trinajstić information content (AvgIpc) is 3.77. The van der Waals surface area contributed by atoms with E-state index in [-0.39, 0.29) is 17.4 Å². The fourth-order valence-electron chi connectivity index (χ4n) is 5.45. The molecule has 1 aliphatic carbocycles. The van der Waals surface area contributed by atoms with Crippen LogP contribution in [-0.4, -0.2) is 60.5 Å². The number of H-pyrrole nitrogens is 1. The third kappa shape index (κ3) is 6.38. The third-order valence-electron chi connectivity index (χ3n) is 8.15. The standard InChI is InChI=1S/C32H36N4O4S/c37-21-24-14-16-36(17-15-24)20-23-8-10-26(11-9-23)34-31(25-4-2-1-3-5-25)30-28-18-27(12-13-29(28)35-32(30)38)41(39,40)33-19-22-6-7-22/h1-5,8-13,18,22,24,33,35,37-38H,6-7,14-17,19-21H2. The van der Waals surface area contributed by atoms with Gasteiger partial charge in [0.05, 0.1) is 21.9 Å². The van der Waals surface area contributed by atoms with Gasteiger partial charge in [0.2, 0.25) is 10.0 Å². The van der Waals surface area contributed by atoms with Gasteiger partial charge in [0, 0.05) is 36.2 Å². The van der Waals surface area contributed by atoms with E-state index in [4.69, 9.17) is 4.99 Å². The number of hydrogen-bond acceptors (Lipinski definition) is 6. The number of piperidine rings is 1. The molecule has 2 fully saturated rings. The van der Waals surface area contributed by atoms with Crippen molar-refractivity contribution in [2.45, 2.75) is 37.1 Å². The Morgan fingerprint density at radius 1 is 0.951 bits per heavy atom. The van der Waals surface area contributed by atoms with Crippen LogP contribution < -0.4 is 4.72 Å². The molecule has 3 aromatic carbocycles. The van der Waals surface area contributed by atoms with Crippen LogP contribution in [-0.2, 0) is 16.6 Å². The molecule has 1 saturated heterocycles. The maximum atomic E-state index is 13.0. The molecule has 1 saturated carbocycles. The zero-order valence-electron chi connectivity index (χ0n) is 23.0. The summed E-state index contributed by atoms with van der Waals surface area (Å²) in [6.07, 6.45) is 4.15. The van der Waals surface area contributed by atoms with Crippen molar-refractivity contribution in [1.82, 2.24) is 14.6 Å². The van der Waals surface area contributed by atoms with Crippen LogP contribution in [0.15, 0.2) is 82.7 Å². The van der Waals surface area contributed by atoms with Crippen LogP contribution in [0.1, 0.15) is 42.4 Å². The number of fused-ring (bicyclic) bond motifs is 1. The highest BCUT2D eigenvalue weighted by molar-refractivity contribution is 7.89. The number of aromatic hydroxyl groups is 1. The lowest BCUT2D eigenvalue weighted by Gasteiger charge is -2.31. The molecule has 0 bridgehead atoms. The highest BCUT2D eigenvalue weighted by atomic mass is 32.2. The minimum atomic E-state index is -3.69. The molecule has 9 heteroatoms. The summed E-state index contributed by atoms with van der Waals surface area (Å²) >= 11 is 0. The van der Waals surface area contributed by atoms with E-state index in [1.54, 1.807) is 18.2 Å². The Balaban J connectivity index is 1.33. The van der Waals surface area contributed by atoms with E-state index in [0.717, 1.165) is 56.6 Å². The predicted molar refractivity (Wildman–Crippen MR) is 161 cm³/mol. The van der Waals surface area contributed by atoms with Gasteiger partial charge in [-0.1, -0.05) is 42.5 Å². The molecular formula is C32H36N4O4S. The maximum Gasteiger partial charge on any atom is 0.240 e. The number of likely N-dealkylation sites (tertiary alicyclic amines) is 1. The van der Waals surface area contributed by atoms with Crippen molar-refractivity contribution in [1.29, 1.82) is 0 Å². The van der Waals surface area contributed by atoms with Gasteiger partial charge < -0.3 is 15.2 Å². The van der Waals surface area contributed by atoms with Crippen molar-refractivity contribution in [3.05, 3.63) is 89.5 Å². The SMILES string of the molecule is O=S(=O)(NCC1CC1)c1ccc2[nH]c(O)c(C(=Nc3ccc(CN4CCC(CO)CC4)cc3)c3ccccc3)c2c1. The fourth-order valence-corrected chi connectivity index (χ4v) is 6.59. The summed E-state index contributed by atoms with van der Waals surface area (Å²) in [6.45, 7) is 3.53. The number of sulfonamides is 1. The number of aromatic amines is 1. The monoisotopic (exact) mass is 572 g/mol. The van der Waals surface area contributed by atoms with E-state index in [9.17, 15) is 18.6 Å². The molecule has 41 heavy (non-hydrogen) atoms. The molecule has 1 aromatic heterocycles. The van der Waals surface area contributed by atoms with Crippen molar-refractivity contribution in [3.63, 3.8) is 0 Å². The van der Waals surface area contributed by atoms with Gasteiger partial charge in [-0.15, -0.1) is 0 Å². The molecule has 4 aromatic rings. The van der Waals surface area contributed by atoms with Crippen LogP contribution >= 0.6 is 0 Å². The van der Waals surface area contributed by atoms with Gasteiger partial charge in [-0.2, -0.15) is 0 Å². The topological polar surface area (TPSA) is 118 Å². The quantitative estimate of drug-likeness (QED) is 0.201.